The molecule has 2 aromatic rings. The largest absolute Gasteiger partial charge is 0.398 e. The summed E-state index contributed by atoms with van der Waals surface area (Å²) in [6, 6.07) is 7.10. The molecule has 0 atom stereocenters. The molecular weight excluding hydrogens is 274 g/mol. The molecule has 0 saturated carbocycles. The van der Waals surface area contributed by atoms with Gasteiger partial charge in [0.25, 0.3) is 5.69 Å². The second-order valence-electron chi connectivity index (χ2n) is 3.66. The monoisotopic (exact) mass is 282 g/mol. The van der Waals surface area contributed by atoms with Crippen molar-refractivity contribution in [3.8, 4) is 0 Å². The molecule has 2 aromatic carbocycles. The molecule has 0 amide bonds. The molecule has 0 unspecified atom stereocenters. The van der Waals surface area contributed by atoms with Gasteiger partial charge < -0.3 is 5.73 Å². The minimum absolute atomic E-state index is 0.138. The van der Waals surface area contributed by atoms with Crippen molar-refractivity contribution in [2.75, 3.05) is 5.73 Å². The number of halogens is 2. The van der Waals surface area contributed by atoms with E-state index in [0.29, 0.717) is 4.90 Å². The molecule has 0 aliphatic heterocycles. The number of rotatable bonds is 3. The van der Waals surface area contributed by atoms with E-state index in [2.05, 4.69) is 0 Å². The quantitative estimate of drug-likeness (QED) is 0.530. The Morgan fingerprint density at radius 3 is 2.37 bits per heavy atom. The van der Waals surface area contributed by atoms with Crippen LogP contribution < -0.4 is 5.73 Å². The lowest BCUT2D eigenvalue weighted by Gasteiger charge is -2.06. The maximum atomic E-state index is 13.5. The van der Waals surface area contributed by atoms with Crippen LogP contribution in [-0.4, -0.2) is 4.92 Å². The van der Waals surface area contributed by atoms with Gasteiger partial charge in [-0.1, -0.05) is 11.8 Å². The zero-order chi connectivity index (χ0) is 14.0. The Balaban J connectivity index is 2.31. The van der Waals surface area contributed by atoms with Crippen molar-refractivity contribution in [1.82, 2.24) is 0 Å². The SMILES string of the molecule is Nc1cc([N+](=O)[O-])ccc1Sc1ccc(F)cc1F. The number of nitrogens with zero attached hydrogens (tertiary/aromatic N) is 1. The van der Waals surface area contributed by atoms with E-state index < -0.39 is 16.6 Å². The van der Waals surface area contributed by atoms with Crippen LogP contribution in [0.5, 0.6) is 0 Å². The Labute approximate surface area is 111 Å². The van der Waals surface area contributed by atoms with E-state index in [0.717, 1.165) is 23.9 Å². The summed E-state index contributed by atoms with van der Waals surface area (Å²) >= 11 is 0.981. The molecule has 0 aliphatic rings. The summed E-state index contributed by atoms with van der Waals surface area (Å²) in [5.41, 5.74) is 5.70. The smallest absolute Gasteiger partial charge is 0.271 e. The van der Waals surface area contributed by atoms with Gasteiger partial charge >= 0.3 is 0 Å². The number of anilines is 1. The highest BCUT2D eigenvalue weighted by Gasteiger charge is 2.12. The lowest BCUT2D eigenvalue weighted by atomic mass is 10.3. The molecule has 2 rings (SSSR count). The third-order valence-electron chi connectivity index (χ3n) is 2.32. The Hall–Kier alpha value is -2.15. The Kier molecular flexibility index (Phi) is 3.66. The maximum Gasteiger partial charge on any atom is 0.271 e. The van der Waals surface area contributed by atoms with Crippen LogP contribution in [0.4, 0.5) is 20.2 Å². The fourth-order valence-electron chi connectivity index (χ4n) is 1.42. The molecule has 0 saturated heterocycles. The van der Waals surface area contributed by atoms with Crippen LogP contribution in [0, 0.1) is 21.7 Å². The topological polar surface area (TPSA) is 69.2 Å². The first-order chi connectivity index (χ1) is 8.97. The number of hydrogen-bond acceptors (Lipinski definition) is 4. The summed E-state index contributed by atoms with van der Waals surface area (Å²) in [5.74, 6) is -1.37. The van der Waals surface area contributed by atoms with Crippen molar-refractivity contribution >= 4 is 23.1 Å². The molecule has 0 spiro atoms. The third-order valence-corrected chi connectivity index (χ3v) is 3.46. The molecule has 98 valence electrons. The molecule has 0 aliphatic carbocycles. The van der Waals surface area contributed by atoms with Gasteiger partial charge in [-0.25, -0.2) is 8.78 Å². The van der Waals surface area contributed by atoms with Crippen LogP contribution in [0.3, 0.4) is 0 Å². The number of hydrogen-bond donors (Lipinski definition) is 1. The number of benzene rings is 2. The predicted octanol–water partition coefficient (Wildman–Crippen LogP) is 3.61. The van der Waals surface area contributed by atoms with Gasteiger partial charge in [-0.2, -0.15) is 0 Å². The fourth-order valence-corrected chi connectivity index (χ4v) is 2.26. The molecule has 0 aromatic heterocycles. The second-order valence-corrected chi connectivity index (χ2v) is 4.74. The first kappa shape index (κ1) is 13.3. The lowest BCUT2D eigenvalue weighted by molar-refractivity contribution is -0.384. The fraction of sp³-hybridized carbons (Fsp3) is 0. The first-order valence-electron chi connectivity index (χ1n) is 5.14. The highest BCUT2D eigenvalue weighted by molar-refractivity contribution is 7.99. The molecule has 4 nitrogen and oxygen atoms in total. The number of nitro groups is 1. The van der Waals surface area contributed by atoms with Gasteiger partial charge in [-0.15, -0.1) is 0 Å². The Morgan fingerprint density at radius 1 is 1.11 bits per heavy atom. The van der Waals surface area contributed by atoms with Crippen molar-refractivity contribution < 1.29 is 13.7 Å². The minimum atomic E-state index is -0.706. The minimum Gasteiger partial charge on any atom is -0.398 e. The zero-order valence-electron chi connectivity index (χ0n) is 9.47. The van der Waals surface area contributed by atoms with Crippen LogP contribution in [0.2, 0.25) is 0 Å². The summed E-state index contributed by atoms with van der Waals surface area (Å²) < 4.78 is 26.2. The van der Waals surface area contributed by atoms with E-state index in [1.165, 1.54) is 24.3 Å². The van der Waals surface area contributed by atoms with Crippen molar-refractivity contribution in [1.29, 1.82) is 0 Å². The molecule has 0 radical (unpaired) electrons. The average Bonchev–Trinajstić information content (AvgIpc) is 2.34. The number of nitro benzene ring substituents is 1. The number of non-ortho nitro benzene ring substituents is 1. The Bertz CT molecular complexity index is 650. The second kappa shape index (κ2) is 5.23. The highest BCUT2D eigenvalue weighted by Crippen LogP contribution is 2.35. The highest BCUT2D eigenvalue weighted by atomic mass is 32.2. The van der Waals surface area contributed by atoms with Gasteiger partial charge in [0.1, 0.15) is 11.6 Å². The van der Waals surface area contributed by atoms with Gasteiger partial charge in [0.15, 0.2) is 0 Å². The van der Waals surface area contributed by atoms with E-state index in [9.17, 15) is 18.9 Å². The van der Waals surface area contributed by atoms with Crippen molar-refractivity contribution in [2.45, 2.75) is 9.79 Å². The predicted molar refractivity (Wildman–Crippen MR) is 68.0 cm³/mol. The van der Waals surface area contributed by atoms with E-state index in [4.69, 9.17) is 5.73 Å². The maximum absolute atomic E-state index is 13.5. The van der Waals surface area contributed by atoms with E-state index in [1.54, 1.807) is 0 Å². The third kappa shape index (κ3) is 3.00. The molecule has 19 heavy (non-hydrogen) atoms. The van der Waals surface area contributed by atoms with Crippen molar-refractivity contribution in [3.63, 3.8) is 0 Å². The van der Waals surface area contributed by atoms with Gasteiger partial charge in [-0.3, -0.25) is 10.1 Å². The average molecular weight is 282 g/mol. The van der Waals surface area contributed by atoms with Gasteiger partial charge in [0, 0.05) is 28.0 Å². The van der Waals surface area contributed by atoms with Crippen molar-refractivity contribution in [2.24, 2.45) is 0 Å². The van der Waals surface area contributed by atoms with Crippen LogP contribution >= 0.6 is 11.8 Å². The van der Waals surface area contributed by atoms with Crippen molar-refractivity contribution in [3.05, 3.63) is 58.1 Å². The first-order valence-corrected chi connectivity index (χ1v) is 5.96. The summed E-state index contributed by atoms with van der Waals surface area (Å²) in [5, 5.41) is 10.6. The standard InChI is InChI=1S/C12H8F2N2O2S/c13-7-1-3-11(9(14)5-7)19-12-4-2-8(16(17)18)6-10(12)15/h1-6H,15H2. The summed E-state index contributed by atoms with van der Waals surface area (Å²) in [7, 11) is 0. The van der Waals surface area contributed by atoms with E-state index in [1.807, 2.05) is 0 Å². The molecule has 7 heteroatoms. The molecule has 0 bridgehead atoms. The van der Waals surface area contributed by atoms with Crippen LogP contribution in [0.25, 0.3) is 0 Å². The van der Waals surface area contributed by atoms with Crippen LogP contribution in [-0.2, 0) is 0 Å². The summed E-state index contributed by atoms with van der Waals surface area (Å²) in [6.07, 6.45) is 0. The van der Waals surface area contributed by atoms with Crippen LogP contribution in [0.15, 0.2) is 46.2 Å². The molecule has 2 N–H and O–H groups in total. The van der Waals surface area contributed by atoms with Gasteiger partial charge in [0.2, 0.25) is 0 Å². The number of nitrogen functional groups attached to an aromatic ring is 1. The normalized spacial score (nSPS) is 10.4. The van der Waals surface area contributed by atoms with Crippen LogP contribution in [0.1, 0.15) is 0 Å². The van der Waals surface area contributed by atoms with E-state index >= 15 is 0 Å². The van der Waals surface area contributed by atoms with Gasteiger partial charge in [-0.05, 0) is 18.2 Å². The molecule has 0 fully saturated rings. The molecular formula is C12H8F2N2O2S. The summed E-state index contributed by atoms with van der Waals surface area (Å²) in [4.78, 5) is 10.7. The summed E-state index contributed by atoms with van der Waals surface area (Å²) in [6.45, 7) is 0. The zero-order valence-corrected chi connectivity index (χ0v) is 10.3. The van der Waals surface area contributed by atoms with E-state index in [-0.39, 0.29) is 16.3 Å². The number of nitrogens with two attached hydrogens (primary N) is 1. The molecule has 0 heterocycles. The van der Waals surface area contributed by atoms with Gasteiger partial charge in [0.05, 0.1) is 10.6 Å². The lowest BCUT2D eigenvalue weighted by Crippen LogP contribution is -1.93. The Morgan fingerprint density at radius 2 is 1.79 bits per heavy atom.